The van der Waals surface area contributed by atoms with Gasteiger partial charge >= 0.3 is 5.97 Å². The molecule has 0 spiro atoms. The number of hydrogen-bond donors (Lipinski definition) is 2. The number of hydrogen-bond acceptors (Lipinski definition) is 6. The second-order valence-corrected chi connectivity index (χ2v) is 2.74. The zero-order valence-corrected chi connectivity index (χ0v) is 7.54. The number of nitrogens with zero attached hydrogens (tertiary/aromatic N) is 1. The van der Waals surface area contributed by atoms with E-state index in [4.69, 9.17) is 10.2 Å². The fourth-order valence-corrected chi connectivity index (χ4v) is 0.989. The molecule has 0 amide bonds. The maximum Gasteiger partial charge on any atom is 0.377 e. The average Bonchev–Trinajstić information content (AvgIpc) is 2.20. The number of ketones is 1. The summed E-state index contributed by atoms with van der Waals surface area (Å²) in [4.78, 5) is 30.5. The van der Waals surface area contributed by atoms with Gasteiger partial charge < -0.3 is 15.3 Å². The number of Topliss-reactive ketones (excluding diaryl/α,β-unsaturated/α-hetero) is 1. The number of benzene rings is 1. The fourth-order valence-electron chi connectivity index (χ4n) is 0.989. The Bertz CT molecular complexity index is 493. The number of phenols is 1. The van der Waals surface area contributed by atoms with E-state index in [1.54, 1.807) is 0 Å². The van der Waals surface area contributed by atoms with Crippen LogP contribution >= 0.6 is 0 Å². The number of aromatic hydroxyl groups is 1. The van der Waals surface area contributed by atoms with Crippen molar-refractivity contribution in [3.05, 3.63) is 27.8 Å². The predicted molar refractivity (Wildman–Crippen MR) is 46.2 cm³/mol. The Labute approximate surface area is 87.5 Å². The van der Waals surface area contributed by atoms with Crippen LogP contribution in [0.2, 0.25) is 0 Å². The van der Waals surface area contributed by atoms with Gasteiger partial charge in [-0.3, -0.25) is 14.9 Å². The van der Waals surface area contributed by atoms with Gasteiger partial charge in [0, 0.05) is 17.4 Å². The van der Waals surface area contributed by atoms with Gasteiger partial charge in [-0.05, 0) is 6.07 Å². The first-order valence-corrected chi connectivity index (χ1v) is 3.80. The average molecular weight is 226 g/mol. The number of phenolic OH excluding ortho intramolecular Hbond substituents is 1. The molecule has 2 N–H and O–H groups in total. The molecule has 0 atom stereocenters. The van der Waals surface area contributed by atoms with E-state index in [0.29, 0.717) is 12.1 Å². The zero-order valence-electron chi connectivity index (χ0n) is 7.54. The topological polar surface area (TPSA) is 141 Å². The van der Waals surface area contributed by atoms with Gasteiger partial charge in [0.25, 0.3) is 11.5 Å². The van der Waals surface area contributed by atoms with Crippen molar-refractivity contribution in [2.75, 3.05) is 0 Å². The third-order valence-electron chi connectivity index (χ3n) is 1.70. The molecule has 84 valence electrons. The van der Waals surface area contributed by atoms with Crippen LogP contribution in [0, 0.1) is 10.1 Å². The van der Waals surface area contributed by atoms with Crippen LogP contribution in [-0.2, 0) is 4.79 Å². The van der Waals surface area contributed by atoms with E-state index in [1.165, 1.54) is 0 Å². The van der Waals surface area contributed by atoms with Crippen LogP contribution in [0.3, 0.4) is 0 Å². The summed E-state index contributed by atoms with van der Waals surface area (Å²) in [6.07, 6.45) is 0. The van der Waals surface area contributed by atoms with Crippen LogP contribution in [-0.4, -0.2) is 26.9 Å². The Morgan fingerprint density at radius 3 is 2.31 bits per heavy atom. The van der Waals surface area contributed by atoms with Crippen molar-refractivity contribution in [1.82, 2.24) is 0 Å². The Morgan fingerprint density at radius 1 is 1.31 bits per heavy atom. The molecule has 0 aliphatic heterocycles. The lowest BCUT2D eigenvalue weighted by Gasteiger charge is -2.09. The van der Waals surface area contributed by atoms with Gasteiger partial charge in [0.15, 0.2) is 0 Å². The van der Waals surface area contributed by atoms with Crippen LogP contribution in [0.1, 0.15) is 10.4 Å². The molecular formula is C8H4NO7-. The predicted octanol–water partition coefficient (Wildman–Crippen LogP) is -0.359. The van der Waals surface area contributed by atoms with Gasteiger partial charge in [0.05, 0.1) is 4.92 Å². The van der Waals surface area contributed by atoms with Gasteiger partial charge in [0.2, 0.25) is 0 Å². The van der Waals surface area contributed by atoms with Crippen LogP contribution in [0.5, 0.6) is 11.5 Å². The lowest BCUT2D eigenvalue weighted by Crippen LogP contribution is -2.13. The number of nitro groups is 1. The van der Waals surface area contributed by atoms with Crippen LogP contribution in [0.4, 0.5) is 5.69 Å². The normalized spacial score (nSPS) is 9.75. The standard InChI is InChI=1S/C8H5NO7/c10-5-2-3(6(11)8(13)14)1-4(7(5)12)9(15)16/h1-2,10,12H,(H,13,14)/p-1. The molecule has 0 unspecified atom stereocenters. The third-order valence-corrected chi connectivity index (χ3v) is 1.70. The van der Waals surface area contributed by atoms with Crippen LogP contribution in [0.25, 0.3) is 0 Å². The van der Waals surface area contributed by atoms with Crippen molar-refractivity contribution in [1.29, 1.82) is 0 Å². The molecule has 8 heteroatoms. The van der Waals surface area contributed by atoms with E-state index in [-0.39, 0.29) is 0 Å². The smallest absolute Gasteiger partial charge is 0.377 e. The van der Waals surface area contributed by atoms with Crippen molar-refractivity contribution in [2.45, 2.75) is 0 Å². The molecule has 0 saturated heterocycles. The molecule has 0 radical (unpaired) electrons. The monoisotopic (exact) mass is 226 g/mol. The van der Waals surface area contributed by atoms with Crippen molar-refractivity contribution >= 4 is 17.4 Å². The maximum absolute atomic E-state index is 11.0. The molecule has 0 aliphatic carbocycles. The highest BCUT2D eigenvalue weighted by Crippen LogP contribution is 2.33. The molecule has 1 rings (SSSR count). The molecule has 1 aromatic carbocycles. The largest absolute Gasteiger partial charge is 0.865 e. The van der Waals surface area contributed by atoms with Crippen LogP contribution < -0.4 is 5.11 Å². The van der Waals surface area contributed by atoms with E-state index in [1.807, 2.05) is 0 Å². The number of carboxylic acid groups (broad SMARTS) is 1. The first-order chi connectivity index (χ1) is 7.34. The highest BCUT2D eigenvalue weighted by molar-refractivity contribution is 6.40. The Morgan fingerprint density at radius 2 is 1.88 bits per heavy atom. The van der Waals surface area contributed by atoms with E-state index in [9.17, 15) is 24.8 Å². The summed E-state index contributed by atoms with van der Waals surface area (Å²) in [5, 5.41) is 38.7. The van der Waals surface area contributed by atoms with Crippen LogP contribution in [0.15, 0.2) is 12.1 Å². The fraction of sp³-hybridized carbons (Fsp3) is 0. The highest BCUT2D eigenvalue weighted by atomic mass is 16.6. The first kappa shape index (κ1) is 11.4. The lowest BCUT2D eigenvalue weighted by molar-refractivity contribution is -0.398. The third kappa shape index (κ3) is 1.90. The number of aliphatic carboxylic acids is 1. The summed E-state index contributed by atoms with van der Waals surface area (Å²) in [6.45, 7) is 0. The first-order valence-electron chi connectivity index (χ1n) is 3.80. The molecule has 0 bridgehead atoms. The number of carbonyl (C=O) groups is 2. The summed E-state index contributed by atoms with van der Waals surface area (Å²) in [5.41, 5.74) is -1.68. The molecule has 0 aromatic heterocycles. The molecule has 0 saturated carbocycles. The highest BCUT2D eigenvalue weighted by Gasteiger charge is 2.20. The summed E-state index contributed by atoms with van der Waals surface area (Å²) < 4.78 is 0. The molecule has 16 heavy (non-hydrogen) atoms. The minimum absolute atomic E-state index is 0.512. The summed E-state index contributed by atoms with van der Waals surface area (Å²) >= 11 is 0. The minimum atomic E-state index is -1.84. The van der Waals surface area contributed by atoms with E-state index < -0.39 is 39.4 Å². The van der Waals surface area contributed by atoms with Crippen molar-refractivity contribution < 1.29 is 29.8 Å². The van der Waals surface area contributed by atoms with Gasteiger partial charge in [0.1, 0.15) is 5.75 Å². The number of carbonyl (C=O) groups excluding carboxylic acids is 1. The SMILES string of the molecule is O=C(O)C(=O)c1cc(O)c([O-])c([N+](=O)[O-])c1. The number of rotatable bonds is 3. The molecule has 0 fully saturated rings. The summed E-state index contributed by atoms with van der Waals surface area (Å²) in [7, 11) is 0. The maximum atomic E-state index is 11.0. The van der Waals surface area contributed by atoms with Crippen molar-refractivity contribution in [2.24, 2.45) is 0 Å². The van der Waals surface area contributed by atoms with Gasteiger partial charge in [-0.1, -0.05) is 0 Å². The Hall–Kier alpha value is -2.64. The molecule has 1 aromatic rings. The Kier molecular flexibility index (Phi) is 2.75. The summed E-state index contributed by atoms with van der Waals surface area (Å²) in [5.74, 6) is -5.60. The number of nitro benzene ring substituents is 1. The second kappa shape index (κ2) is 3.85. The quantitative estimate of drug-likeness (QED) is 0.310. The number of carboxylic acids is 1. The lowest BCUT2D eigenvalue weighted by atomic mass is 10.1. The van der Waals surface area contributed by atoms with E-state index in [2.05, 4.69) is 0 Å². The molecular weight excluding hydrogens is 222 g/mol. The summed E-state index contributed by atoms with van der Waals surface area (Å²) in [6, 6.07) is 1.09. The van der Waals surface area contributed by atoms with Gasteiger partial charge in [-0.25, -0.2) is 4.79 Å². The van der Waals surface area contributed by atoms with Gasteiger partial charge in [-0.15, -0.1) is 0 Å². The second-order valence-electron chi connectivity index (χ2n) is 2.74. The van der Waals surface area contributed by atoms with E-state index >= 15 is 0 Å². The van der Waals surface area contributed by atoms with Crippen molar-refractivity contribution in [3.63, 3.8) is 0 Å². The van der Waals surface area contributed by atoms with Crippen molar-refractivity contribution in [3.8, 4) is 11.5 Å². The molecule has 0 aliphatic rings. The molecule has 0 heterocycles. The molecule has 8 nitrogen and oxygen atoms in total. The zero-order chi connectivity index (χ0) is 12.5. The van der Waals surface area contributed by atoms with E-state index in [0.717, 1.165) is 0 Å². The Balaban J connectivity index is 3.40. The minimum Gasteiger partial charge on any atom is -0.865 e. The van der Waals surface area contributed by atoms with Gasteiger partial charge in [-0.2, -0.15) is 0 Å².